The first-order valence-electron chi connectivity index (χ1n) is 7.16. The Balaban J connectivity index is 1.66. The predicted molar refractivity (Wildman–Crippen MR) is 87.1 cm³/mol. The smallest absolute Gasteiger partial charge is 0.217 e. The number of rotatable bonds is 5. The maximum absolute atomic E-state index is 12.3. The van der Waals surface area contributed by atoms with Gasteiger partial charge in [0.2, 0.25) is 10.0 Å². The number of hydrogen-bond acceptors (Lipinski definition) is 5. The van der Waals surface area contributed by atoms with Gasteiger partial charge in [0.05, 0.1) is 18.3 Å². The number of benzene rings is 1. The van der Waals surface area contributed by atoms with E-state index in [-0.39, 0.29) is 12.6 Å². The zero-order chi connectivity index (χ0) is 15.6. The zero-order valence-corrected chi connectivity index (χ0v) is 13.9. The Morgan fingerprint density at radius 2 is 2.14 bits per heavy atom. The second-order valence-electron chi connectivity index (χ2n) is 5.28. The lowest BCUT2D eigenvalue weighted by Crippen LogP contribution is -2.37. The minimum absolute atomic E-state index is 0.217. The highest BCUT2D eigenvalue weighted by Crippen LogP contribution is 2.24. The maximum Gasteiger partial charge on any atom is 0.217 e. The van der Waals surface area contributed by atoms with E-state index in [0.29, 0.717) is 13.0 Å². The fourth-order valence-electron chi connectivity index (χ4n) is 2.50. The molecule has 0 radical (unpaired) electrons. The van der Waals surface area contributed by atoms with Crippen LogP contribution in [0.25, 0.3) is 10.6 Å². The lowest BCUT2D eigenvalue weighted by Gasteiger charge is -2.15. The van der Waals surface area contributed by atoms with E-state index < -0.39 is 15.3 Å². The van der Waals surface area contributed by atoms with Gasteiger partial charge in [-0.15, -0.1) is 11.3 Å². The standard InChI is InChI=1S/C15H18N2O3S2/c1-11-14(7-8-20-11)22(18,19)16-9-13-10-21-15(17-13)12-5-3-2-4-6-12/h2-6,10-11,14,16H,7-9H2,1H3. The molecule has 1 aliphatic rings. The van der Waals surface area contributed by atoms with Crippen molar-refractivity contribution in [2.75, 3.05) is 6.61 Å². The van der Waals surface area contributed by atoms with E-state index in [4.69, 9.17) is 4.74 Å². The fourth-order valence-corrected chi connectivity index (χ4v) is 4.88. The Hall–Kier alpha value is -1.28. The summed E-state index contributed by atoms with van der Waals surface area (Å²) < 4.78 is 32.5. The Bertz CT molecular complexity index is 728. The van der Waals surface area contributed by atoms with Gasteiger partial charge in [0.15, 0.2) is 0 Å². The molecular formula is C15H18N2O3S2. The van der Waals surface area contributed by atoms with E-state index in [1.165, 1.54) is 11.3 Å². The molecule has 2 atom stereocenters. The lowest BCUT2D eigenvalue weighted by molar-refractivity contribution is 0.126. The molecule has 118 valence electrons. The van der Waals surface area contributed by atoms with E-state index in [1.807, 2.05) is 35.7 Å². The van der Waals surface area contributed by atoms with Crippen LogP contribution in [0.2, 0.25) is 0 Å². The second kappa shape index (κ2) is 6.45. The van der Waals surface area contributed by atoms with Crippen molar-refractivity contribution in [3.63, 3.8) is 0 Å². The van der Waals surface area contributed by atoms with Gasteiger partial charge >= 0.3 is 0 Å². The van der Waals surface area contributed by atoms with Crippen molar-refractivity contribution >= 4 is 21.4 Å². The van der Waals surface area contributed by atoms with Gasteiger partial charge in [0, 0.05) is 17.6 Å². The molecule has 0 amide bonds. The molecule has 1 saturated heterocycles. The summed E-state index contributed by atoms with van der Waals surface area (Å²) in [6.45, 7) is 2.52. The number of hydrogen-bond donors (Lipinski definition) is 1. The molecule has 1 aromatic carbocycles. The number of sulfonamides is 1. The summed E-state index contributed by atoms with van der Waals surface area (Å²) in [7, 11) is -3.37. The van der Waals surface area contributed by atoms with Crippen LogP contribution in [-0.2, 0) is 21.3 Å². The Morgan fingerprint density at radius 1 is 1.36 bits per heavy atom. The molecular weight excluding hydrogens is 320 g/mol. The Kier molecular flexibility index (Phi) is 4.58. The van der Waals surface area contributed by atoms with Crippen LogP contribution < -0.4 is 4.72 Å². The Labute approximate surface area is 134 Å². The van der Waals surface area contributed by atoms with Crippen LogP contribution in [0.4, 0.5) is 0 Å². The van der Waals surface area contributed by atoms with Gasteiger partial charge in [-0.3, -0.25) is 0 Å². The van der Waals surface area contributed by atoms with Crippen molar-refractivity contribution in [3.8, 4) is 10.6 Å². The van der Waals surface area contributed by atoms with Gasteiger partial charge in [0.1, 0.15) is 10.3 Å². The number of nitrogens with one attached hydrogen (secondary N) is 1. The highest BCUT2D eigenvalue weighted by Gasteiger charge is 2.35. The van der Waals surface area contributed by atoms with Gasteiger partial charge in [-0.2, -0.15) is 0 Å². The Morgan fingerprint density at radius 3 is 2.82 bits per heavy atom. The van der Waals surface area contributed by atoms with Crippen molar-refractivity contribution in [3.05, 3.63) is 41.4 Å². The molecule has 2 heterocycles. The number of aromatic nitrogens is 1. The van der Waals surface area contributed by atoms with Crippen molar-refractivity contribution < 1.29 is 13.2 Å². The summed E-state index contributed by atoms with van der Waals surface area (Å²) in [5.74, 6) is 0. The number of nitrogens with zero attached hydrogens (tertiary/aromatic N) is 1. The molecule has 1 aromatic heterocycles. The first kappa shape index (κ1) is 15.6. The minimum atomic E-state index is -3.37. The minimum Gasteiger partial charge on any atom is -0.377 e. The van der Waals surface area contributed by atoms with Crippen LogP contribution in [0.3, 0.4) is 0 Å². The summed E-state index contributed by atoms with van der Waals surface area (Å²) in [5, 5.41) is 2.31. The SMILES string of the molecule is CC1OCCC1S(=O)(=O)NCc1csc(-c2ccccc2)n1. The van der Waals surface area contributed by atoms with Gasteiger partial charge in [-0.05, 0) is 13.3 Å². The average Bonchev–Trinajstić information content (AvgIpc) is 3.15. The highest BCUT2D eigenvalue weighted by atomic mass is 32.2. The normalized spacial score (nSPS) is 22.0. The molecule has 7 heteroatoms. The van der Waals surface area contributed by atoms with E-state index in [1.54, 1.807) is 6.92 Å². The molecule has 1 N–H and O–H groups in total. The number of thiazole rings is 1. The average molecular weight is 338 g/mol. The van der Waals surface area contributed by atoms with Crippen molar-refractivity contribution in [2.45, 2.75) is 31.2 Å². The monoisotopic (exact) mass is 338 g/mol. The quantitative estimate of drug-likeness (QED) is 0.909. The van der Waals surface area contributed by atoms with Crippen LogP contribution in [0, 0.1) is 0 Å². The first-order chi connectivity index (χ1) is 10.6. The maximum atomic E-state index is 12.3. The highest BCUT2D eigenvalue weighted by molar-refractivity contribution is 7.90. The molecule has 0 saturated carbocycles. The molecule has 1 aliphatic heterocycles. The van der Waals surface area contributed by atoms with Crippen LogP contribution in [-0.4, -0.2) is 31.4 Å². The summed E-state index contributed by atoms with van der Waals surface area (Å²) in [5.41, 5.74) is 1.78. The van der Waals surface area contributed by atoms with E-state index in [9.17, 15) is 8.42 Å². The van der Waals surface area contributed by atoms with Gasteiger partial charge in [-0.25, -0.2) is 18.1 Å². The third-order valence-corrected chi connectivity index (χ3v) is 6.64. The molecule has 0 spiro atoms. The predicted octanol–water partition coefficient (Wildman–Crippen LogP) is 2.41. The second-order valence-corrected chi connectivity index (χ2v) is 8.12. The topological polar surface area (TPSA) is 68.3 Å². The summed E-state index contributed by atoms with van der Waals surface area (Å²) in [6.07, 6.45) is 0.288. The molecule has 1 fully saturated rings. The fraction of sp³-hybridized carbons (Fsp3) is 0.400. The summed E-state index contributed by atoms with van der Waals surface area (Å²) >= 11 is 1.52. The molecule has 5 nitrogen and oxygen atoms in total. The molecule has 0 bridgehead atoms. The van der Waals surface area contributed by atoms with Crippen LogP contribution in [0.5, 0.6) is 0 Å². The van der Waals surface area contributed by atoms with E-state index in [0.717, 1.165) is 16.3 Å². The van der Waals surface area contributed by atoms with Crippen LogP contribution in [0.15, 0.2) is 35.7 Å². The van der Waals surface area contributed by atoms with Gasteiger partial charge < -0.3 is 4.74 Å². The molecule has 2 aromatic rings. The van der Waals surface area contributed by atoms with E-state index in [2.05, 4.69) is 9.71 Å². The number of ether oxygens (including phenoxy) is 1. The van der Waals surface area contributed by atoms with Crippen molar-refractivity contribution in [1.82, 2.24) is 9.71 Å². The van der Waals surface area contributed by atoms with Gasteiger partial charge in [-0.1, -0.05) is 30.3 Å². The summed E-state index contributed by atoms with van der Waals surface area (Å²) in [4.78, 5) is 4.49. The molecule has 0 aliphatic carbocycles. The molecule has 3 rings (SSSR count). The van der Waals surface area contributed by atoms with Crippen LogP contribution >= 0.6 is 11.3 Å². The molecule has 22 heavy (non-hydrogen) atoms. The lowest BCUT2D eigenvalue weighted by atomic mass is 10.2. The third-order valence-electron chi connectivity index (χ3n) is 3.73. The molecule has 2 unspecified atom stereocenters. The first-order valence-corrected chi connectivity index (χ1v) is 9.59. The third kappa shape index (κ3) is 3.38. The van der Waals surface area contributed by atoms with Crippen molar-refractivity contribution in [2.24, 2.45) is 0 Å². The van der Waals surface area contributed by atoms with Crippen LogP contribution in [0.1, 0.15) is 19.0 Å². The van der Waals surface area contributed by atoms with Gasteiger partial charge in [0.25, 0.3) is 0 Å². The van der Waals surface area contributed by atoms with E-state index >= 15 is 0 Å². The largest absolute Gasteiger partial charge is 0.377 e. The summed E-state index contributed by atoms with van der Waals surface area (Å²) in [6, 6.07) is 9.85. The zero-order valence-electron chi connectivity index (χ0n) is 12.2. The van der Waals surface area contributed by atoms with Crippen molar-refractivity contribution in [1.29, 1.82) is 0 Å².